The van der Waals surface area contributed by atoms with Gasteiger partial charge < -0.3 is 19.4 Å². The van der Waals surface area contributed by atoms with Gasteiger partial charge in [-0.2, -0.15) is 0 Å². The monoisotopic (exact) mass is 372 g/mol. The van der Waals surface area contributed by atoms with E-state index >= 15 is 0 Å². The Labute approximate surface area is 159 Å². The molecule has 144 valence electrons. The topological polar surface area (TPSA) is 37.2 Å². The van der Waals surface area contributed by atoms with Crippen LogP contribution in [0.15, 0.2) is 48.5 Å². The lowest BCUT2D eigenvalue weighted by Crippen LogP contribution is -3.09. The lowest BCUT2D eigenvalue weighted by atomic mass is 10.2. The molecule has 1 aliphatic heterocycles. The molecule has 1 unspecified atom stereocenters. The van der Waals surface area contributed by atoms with Gasteiger partial charge in [0.15, 0.2) is 6.54 Å². The molecule has 3 rings (SSSR count). The minimum Gasteiger partial charge on any atom is -0.495 e. The normalized spacial score (nSPS) is 15.5. The Morgan fingerprint density at radius 1 is 1.11 bits per heavy atom. The lowest BCUT2D eigenvalue weighted by Gasteiger charge is -2.36. The summed E-state index contributed by atoms with van der Waals surface area (Å²) < 4.78 is 18.7. The Kier molecular flexibility index (Phi) is 6.29. The summed E-state index contributed by atoms with van der Waals surface area (Å²) in [4.78, 5) is 17.8. The largest absolute Gasteiger partial charge is 0.495 e. The van der Waals surface area contributed by atoms with E-state index in [2.05, 4.69) is 4.90 Å². The number of para-hydroxylation sites is 2. The maximum absolute atomic E-state index is 13.3. The Hall–Kier alpha value is -2.60. The highest BCUT2D eigenvalue weighted by Crippen LogP contribution is 2.28. The molecule has 6 heteroatoms. The van der Waals surface area contributed by atoms with E-state index < -0.39 is 0 Å². The molecule has 0 saturated carbocycles. The zero-order valence-electron chi connectivity index (χ0n) is 16.0. The number of piperazine rings is 1. The number of rotatable bonds is 6. The molecule has 1 amide bonds. The molecule has 1 N–H and O–H groups in total. The first-order chi connectivity index (χ1) is 13.1. The molecule has 1 heterocycles. The smallest absolute Gasteiger partial charge is 0.277 e. The zero-order valence-corrected chi connectivity index (χ0v) is 16.0. The van der Waals surface area contributed by atoms with Crippen molar-refractivity contribution in [3.8, 4) is 5.75 Å². The molecular weight excluding hydrogens is 345 g/mol. The van der Waals surface area contributed by atoms with E-state index in [0.717, 1.165) is 35.0 Å². The van der Waals surface area contributed by atoms with Crippen LogP contribution >= 0.6 is 0 Å². The molecule has 0 aliphatic carbocycles. The van der Waals surface area contributed by atoms with Gasteiger partial charge in [0.1, 0.15) is 18.1 Å². The Balaban J connectivity index is 1.51. The standard InChI is InChI=1S/C21H26FN3O2/c1-23(15-17-6-5-7-18(22)14-17)16-21(26)25-12-10-24(11-13-25)19-8-3-4-9-20(19)27-2/h3-9,14H,10-13,15-16H2,1-2H3/p+1. The lowest BCUT2D eigenvalue weighted by molar-refractivity contribution is -0.885. The second-order valence-corrected chi connectivity index (χ2v) is 6.98. The number of carbonyl (C=O) groups is 1. The number of halogens is 1. The van der Waals surface area contributed by atoms with Crippen LogP contribution in [0.2, 0.25) is 0 Å². The Morgan fingerprint density at radius 3 is 2.56 bits per heavy atom. The number of benzene rings is 2. The van der Waals surface area contributed by atoms with Crippen molar-refractivity contribution in [2.24, 2.45) is 0 Å². The Morgan fingerprint density at radius 2 is 1.85 bits per heavy atom. The number of anilines is 1. The van der Waals surface area contributed by atoms with Crippen LogP contribution in [0.3, 0.4) is 0 Å². The minimum absolute atomic E-state index is 0.142. The van der Waals surface area contributed by atoms with Crippen LogP contribution in [0.25, 0.3) is 0 Å². The summed E-state index contributed by atoms with van der Waals surface area (Å²) in [7, 11) is 3.64. The van der Waals surface area contributed by atoms with Crippen molar-refractivity contribution in [3.05, 3.63) is 59.9 Å². The molecule has 2 aromatic rings. The third kappa shape index (κ3) is 4.98. The number of likely N-dealkylation sites (N-methyl/N-ethyl adjacent to an activating group) is 1. The molecule has 1 aliphatic rings. The highest BCUT2D eigenvalue weighted by Gasteiger charge is 2.24. The van der Waals surface area contributed by atoms with Gasteiger partial charge in [0.25, 0.3) is 5.91 Å². The quantitative estimate of drug-likeness (QED) is 0.828. The first-order valence-corrected chi connectivity index (χ1v) is 9.28. The number of nitrogens with one attached hydrogen (secondary N) is 1. The summed E-state index contributed by atoms with van der Waals surface area (Å²) in [6, 6.07) is 14.5. The first-order valence-electron chi connectivity index (χ1n) is 9.28. The number of ether oxygens (including phenoxy) is 1. The van der Waals surface area contributed by atoms with Crippen molar-refractivity contribution in [1.82, 2.24) is 4.90 Å². The summed E-state index contributed by atoms with van der Waals surface area (Å²) in [5.74, 6) is 0.763. The van der Waals surface area contributed by atoms with E-state index in [1.54, 1.807) is 13.2 Å². The van der Waals surface area contributed by atoms with Crippen LogP contribution in [0.1, 0.15) is 5.56 Å². The molecule has 1 atom stereocenters. The molecule has 27 heavy (non-hydrogen) atoms. The van der Waals surface area contributed by atoms with E-state index in [1.807, 2.05) is 42.3 Å². The molecule has 2 aromatic carbocycles. The highest BCUT2D eigenvalue weighted by atomic mass is 19.1. The van der Waals surface area contributed by atoms with Gasteiger partial charge >= 0.3 is 0 Å². The van der Waals surface area contributed by atoms with Gasteiger partial charge in [-0.3, -0.25) is 4.79 Å². The number of hydrogen-bond acceptors (Lipinski definition) is 3. The minimum atomic E-state index is -0.237. The number of amides is 1. The summed E-state index contributed by atoms with van der Waals surface area (Å²) in [5.41, 5.74) is 1.97. The summed E-state index contributed by atoms with van der Waals surface area (Å²) in [6.45, 7) is 4.01. The average molecular weight is 372 g/mol. The van der Waals surface area contributed by atoms with Gasteiger partial charge in [-0.25, -0.2) is 4.39 Å². The fourth-order valence-corrected chi connectivity index (χ4v) is 3.52. The van der Waals surface area contributed by atoms with Crippen molar-refractivity contribution in [2.75, 3.05) is 51.8 Å². The molecule has 1 saturated heterocycles. The summed E-state index contributed by atoms with van der Waals surface area (Å²) in [6.07, 6.45) is 0. The number of quaternary nitrogens is 1. The molecule has 5 nitrogen and oxygen atoms in total. The molecule has 0 radical (unpaired) electrons. The van der Waals surface area contributed by atoms with Crippen LogP contribution in [-0.2, 0) is 11.3 Å². The van der Waals surface area contributed by atoms with E-state index in [-0.39, 0.29) is 11.7 Å². The molecular formula is C21H27FN3O2+. The Bertz CT molecular complexity index is 776. The van der Waals surface area contributed by atoms with Crippen molar-refractivity contribution < 1.29 is 18.8 Å². The van der Waals surface area contributed by atoms with Gasteiger partial charge in [-0.15, -0.1) is 0 Å². The number of hydrogen-bond donors (Lipinski definition) is 1. The SMILES string of the molecule is COc1ccccc1N1CCN(C(=O)C[NH+](C)Cc2cccc(F)c2)CC1. The van der Waals surface area contributed by atoms with E-state index in [1.165, 1.54) is 12.1 Å². The molecule has 0 aromatic heterocycles. The van der Waals surface area contributed by atoms with Crippen molar-refractivity contribution >= 4 is 11.6 Å². The maximum Gasteiger partial charge on any atom is 0.277 e. The summed E-state index contributed by atoms with van der Waals surface area (Å²) in [5, 5.41) is 0. The van der Waals surface area contributed by atoms with E-state index in [0.29, 0.717) is 26.2 Å². The van der Waals surface area contributed by atoms with Crippen molar-refractivity contribution in [1.29, 1.82) is 0 Å². The second kappa shape index (κ2) is 8.86. The van der Waals surface area contributed by atoms with Crippen LogP contribution in [0.5, 0.6) is 5.75 Å². The third-order valence-corrected chi connectivity index (χ3v) is 4.91. The zero-order chi connectivity index (χ0) is 19.2. The van der Waals surface area contributed by atoms with Crippen LogP contribution in [0, 0.1) is 5.82 Å². The summed E-state index contributed by atoms with van der Waals surface area (Å²) >= 11 is 0. The highest BCUT2D eigenvalue weighted by molar-refractivity contribution is 5.77. The van der Waals surface area contributed by atoms with Gasteiger partial charge in [-0.1, -0.05) is 24.3 Å². The van der Waals surface area contributed by atoms with E-state index in [4.69, 9.17) is 4.74 Å². The molecule has 0 spiro atoms. The third-order valence-electron chi connectivity index (χ3n) is 4.91. The van der Waals surface area contributed by atoms with Gasteiger partial charge in [0.05, 0.1) is 19.8 Å². The number of methoxy groups -OCH3 is 1. The van der Waals surface area contributed by atoms with Crippen molar-refractivity contribution in [2.45, 2.75) is 6.54 Å². The van der Waals surface area contributed by atoms with Crippen LogP contribution in [0.4, 0.5) is 10.1 Å². The van der Waals surface area contributed by atoms with E-state index in [9.17, 15) is 9.18 Å². The van der Waals surface area contributed by atoms with Crippen LogP contribution in [-0.4, -0.2) is 57.7 Å². The fraction of sp³-hybridized carbons (Fsp3) is 0.381. The molecule has 1 fully saturated rings. The van der Waals surface area contributed by atoms with Crippen LogP contribution < -0.4 is 14.5 Å². The predicted molar refractivity (Wildman–Crippen MR) is 104 cm³/mol. The van der Waals surface area contributed by atoms with Gasteiger partial charge in [-0.05, 0) is 24.3 Å². The number of nitrogens with zero attached hydrogens (tertiary/aromatic N) is 2. The maximum atomic E-state index is 13.3. The first kappa shape index (κ1) is 19.2. The van der Waals surface area contributed by atoms with Gasteiger partial charge in [0, 0.05) is 31.7 Å². The molecule has 0 bridgehead atoms. The average Bonchev–Trinajstić information content (AvgIpc) is 2.68. The van der Waals surface area contributed by atoms with Gasteiger partial charge in [0.2, 0.25) is 0 Å². The second-order valence-electron chi connectivity index (χ2n) is 6.98. The van der Waals surface area contributed by atoms with Crippen molar-refractivity contribution in [3.63, 3.8) is 0 Å². The number of carbonyl (C=O) groups excluding carboxylic acids is 1. The fourth-order valence-electron chi connectivity index (χ4n) is 3.52. The predicted octanol–water partition coefficient (Wildman–Crippen LogP) is 1.20.